The van der Waals surface area contributed by atoms with Crippen LogP contribution in [0.4, 0.5) is 0 Å². The van der Waals surface area contributed by atoms with Crippen molar-refractivity contribution in [3.05, 3.63) is 22.3 Å². The molecule has 1 amide bonds. The van der Waals surface area contributed by atoms with Gasteiger partial charge in [0.15, 0.2) is 10.6 Å². The number of hydrogen-bond acceptors (Lipinski definition) is 4. The molecule has 2 aromatic heterocycles. The lowest BCUT2D eigenvalue weighted by atomic mass is 9.95. The van der Waals surface area contributed by atoms with E-state index in [4.69, 9.17) is 12.2 Å². The van der Waals surface area contributed by atoms with Gasteiger partial charge in [-0.3, -0.25) is 14.5 Å². The van der Waals surface area contributed by atoms with Gasteiger partial charge in [-0.05, 0) is 43.4 Å². The average molecular weight is 336 g/mol. The zero-order valence-electron chi connectivity index (χ0n) is 12.5. The number of nitrogens with one attached hydrogen (secondary N) is 2. The van der Waals surface area contributed by atoms with Gasteiger partial charge in [0.1, 0.15) is 6.04 Å². The minimum absolute atomic E-state index is 0.0159. The van der Waals surface area contributed by atoms with Gasteiger partial charge in [-0.15, -0.1) is 11.3 Å². The fraction of sp³-hybridized carbons (Fsp3) is 0.533. The fourth-order valence-corrected chi connectivity index (χ4v) is 3.93. The zero-order chi connectivity index (χ0) is 15.5. The number of rotatable bonds is 4. The molecule has 1 saturated carbocycles. The van der Waals surface area contributed by atoms with Crippen LogP contribution in [0.5, 0.6) is 0 Å². The van der Waals surface area contributed by atoms with Gasteiger partial charge in [-0.1, -0.05) is 25.3 Å². The lowest BCUT2D eigenvalue weighted by molar-refractivity contribution is -0.124. The fourth-order valence-electron chi connectivity index (χ4n) is 2.93. The molecule has 2 aromatic rings. The molecule has 0 spiro atoms. The molecule has 0 aliphatic heterocycles. The van der Waals surface area contributed by atoms with Gasteiger partial charge < -0.3 is 5.32 Å². The van der Waals surface area contributed by atoms with Crippen LogP contribution in [-0.4, -0.2) is 26.7 Å². The van der Waals surface area contributed by atoms with E-state index in [2.05, 4.69) is 15.5 Å². The monoisotopic (exact) mass is 336 g/mol. The first-order chi connectivity index (χ1) is 10.7. The third-order valence-electron chi connectivity index (χ3n) is 4.16. The summed E-state index contributed by atoms with van der Waals surface area (Å²) in [5.41, 5.74) is 0. The van der Waals surface area contributed by atoms with E-state index in [0.717, 1.165) is 23.5 Å². The normalized spacial score (nSPS) is 17.3. The summed E-state index contributed by atoms with van der Waals surface area (Å²) in [6, 6.07) is 3.88. The molecule has 1 fully saturated rings. The molecule has 0 bridgehead atoms. The molecule has 1 aliphatic carbocycles. The van der Waals surface area contributed by atoms with E-state index in [1.165, 1.54) is 19.3 Å². The second-order valence-corrected chi connectivity index (χ2v) is 7.05. The number of aromatic nitrogens is 3. The SMILES string of the molecule is C[C@@H](C(=O)NC1CCCCC1)n1c(-c2cccs2)n[nH]c1=S. The number of carbonyl (C=O) groups excluding carboxylic acids is 1. The van der Waals surface area contributed by atoms with Gasteiger partial charge in [0, 0.05) is 6.04 Å². The van der Waals surface area contributed by atoms with E-state index in [9.17, 15) is 4.79 Å². The summed E-state index contributed by atoms with van der Waals surface area (Å²) in [5, 5.41) is 12.2. The van der Waals surface area contributed by atoms with E-state index in [1.807, 2.05) is 24.4 Å². The van der Waals surface area contributed by atoms with Crippen molar-refractivity contribution < 1.29 is 4.79 Å². The maximum absolute atomic E-state index is 12.6. The number of hydrogen-bond donors (Lipinski definition) is 2. The first-order valence-corrected chi connectivity index (χ1v) is 8.97. The van der Waals surface area contributed by atoms with E-state index in [0.29, 0.717) is 10.8 Å². The summed E-state index contributed by atoms with van der Waals surface area (Å²) < 4.78 is 2.29. The number of nitrogens with zero attached hydrogens (tertiary/aromatic N) is 2. The van der Waals surface area contributed by atoms with E-state index >= 15 is 0 Å². The first-order valence-electron chi connectivity index (χ1n) is 7.68. The first kappa shape index (κ1) is 15.4. The Bertz CT molecular complexity index is 683. The summed E-state index contributed by atoms with van der Waals surface area (Å²) >= 11 is 6.90. The smallest absolute Gasteiger partial charge is 0.243 e. The summed E-state index contributed by atoms with van der Waals surface area (Å²) in [4.78, 5) is 13.6. The Morgan fingerprint density at radius 3 is 2.95 bits per heavy atom. The predicted molar refractivity (Wildman–Crippen MR) is 90.5 cm³/mol. The van der Waals surface area contributed by atoms with Gasteiger partial charge in [-0.25, -0.2) is 0 Å². The number of carbonyl (C=O) groups is 1. The molecule has 118 valence electrons. The Hall–Kier alpha value is -1.47. The van der Waals surface area contributed by atoms with E-state index in [1.54, 1.807) is 15.9 Å². The van der Waals surface area contributed by atoms with Gasteiger partial charge >= 0.3 is 0 Å². The molecule has 2 heterocycles. The van der Waals surface area contributed by atoms with E-state index < -0.39 is 0 Å². The zero-order valence-corrected chi connectivity index (χ0v) is 14.2. The maximum Gasteiger partial charge on any atom is 0.243 e. The van der Waals surface area contributed by atoms with Crippen molar-refractivity contribution in [2.75, 3.05) is 0 Å². The van der Waals surface area contributed by atoms with Crippen LogP contribution >= 0.6 is 23.6 Å². The van der Waals surface area contributed by atoms with Gasteiger partial charge in [0.05, 0.1) is 4.88 Å². The lowest BCUT2D eigenvalue weighted by Crippen LogP contribution is -2.40. The maximum atomic E-state index is 12.6. The summed E-state index contributed by atoms with van der Waals surface area (Å²) in [7, 11) is 0. The Kier molecular flexibility index (Phi) is 4.73. The van der Waals surface area contributed by atoms with Crippen LogP contribution in [0.1, 0.15) is 45.1 Å². The van der Waals surface area contributed by atoms with Crippen molar-refractivity contribution in [3.63, 3.8) is 0 Å². The lowest BCUT2D eigenvalue weighted by Gasteiger charge is -2.25. The number of thiophene rings is 1. The molecule has 0 saturated heterocycles. The van der Waals surface area contributed by atoms with Crippen LogP contribution in [0.2, 0.25) is 0 Å². The van der Waals surface area contributed by atoms with Gasteiger partial charge in [0.25, 0.3) is 0 Å². The number of H-pyrrole nitrogens is 1. The highest BCUT2D eigenvalue weighted by atomic mass is 32.1. The Labute approximate surface area is 138 Å². The molecule has 5 nitrogen and oxygen atoms in total. The number of aromatic amines is 1. The molecule has 7 heteroatoms. The Morgan fingerprint density at radius 1 is 1.50 bits per heavy atom. The molecule has 2 N–H and O–H groups in total. The minimum Gasteiger partial charge on any atom is -0.352 e. The van der Waals surface area contributed by atoms with Gasteiger partial charge in [-0.2, -0.15) is 5.10 Å². The molecular weight excluding hydrogens is 316 g/mol. The predicted octanol–water partition coefficient (Wildman–Crippen LogP) is 3.68. The average Bonchev–Trinajstić information content (AvgIpc) is 3.16. The van der Waals surface area contributed by atoms with Crippen molar-refractivity contribution >= 4 is 29.5 Å². The van der Waals surface area contributed by atoms with Crippen molar-refractivity contribution in [2.24, 2.45) is 0 Å². The van der Waals surface area contributed by atoms with Crippen LogP contribution in [0.25, 0.3) is 10.7 Å². The Balaban J connectivity index is 1.79. The minimum atomic E-state index is -0.370. The van der Waals surface area contributed by atoms with Crippen molar-refractivity contribution in [3.8, 4) is 10.7 Å². The van der Waals surface area contributed by atoms with E-state index in [-0.39, 0.29) is 11.9 Å². The second-order valence-electron chi connectivity index (χ2n) is 5.72. The van der Waals surface area contributed by atoms with Crippen molar-refractivity contribution in [2.45, 2.75) is 51.1 Å². The van der Waals surface area contributed by atoms with Crippen LogP contribution in [0.3, 0.4) is 0 Å². The third-order valence-corrected chi connectivity index (χ3v) is 5.32. The molecule has 0 unspecified atom stereocenters. The third kappa shape index (κ3) is 3.15. The summed E-state index contributed by atoms with van der Waals surface area (Å²) in [6.07, 6.45) is 5.83. The largest absolute Gasteiger partial charge is 0.352 e. The number of amides is 1. The topological polar surface area (TPSA) is 62.7 Å². The summed E-state index contributed by atoms with van der Waals surface area (Å²) in [5.74, 6) is 0.744. The highest BCUT2D eigenvalue weighted by molar-refractivity contribution is 7.71. The highest BCUT2D eigenvalue weighted by Crippen LogP contribution is 2.26. The molecule has 22 heavy (non-hydrogen) atoms. The molecule has 1 atom stereocenters. The molecular formula is C15H20N4OS2. The van der Waals surface area contributed by atoms with Crippen molar-refractivity contribution in [1.82, 2.24) is 20.1 Å². The van der Waals surface area contributed by atoms with Crippen LogP contribution in [0.15, 0.2) is 17.5 Å². The molecule has 0 radical (unpaired) electrons. The highest BCUT2D eigenvalue weighted by Gasteiger charge is 2.24. The second kappa shape index (κ2) is 6.75. The van der Waals surface area contributed by atoms with Gasteiger partial charge in [0.2, 0.25) is 5.91 Å². The standard InChI is InChI=1S/C15H20N4OS2/c1-10(14(20)16-11-6-3-2-4-7-11)19-13(17-18-15(19)21)12-8-5-9-22-12/h5,8-11H,2-4,6-7H2,1H3,(H,16,20)(H,18,21)/t10-/m0/s1. The Morgan fingerprint density at radius 2 is 2.27 bits per heavy atom. The molecule has 0 aromatic carbocycles. The molecule has 1 aliphatic rings. The van der Waals surface area contributed by atoms with Crippen molar-refractivity contribution in [1.29, 1.82) is 0 Å². The molecule has 3 rings (SSSR count). The summed E-state index contributed by atoms with van der Waals surface area (Å²) in [6.45, 7) is 1.88. The van der Waals surface area contributed by atoms with Crippen LogP contribution in [0, 0.1) is 4.77 Å². The quantitative estimate of drug-likeness (QED) is 0.837. The van der Waals surface area contributed by atoms with Crippen LogP contribution < -0.4 is 5.32 Å². The van der Waals surface area contributed by atoms with Crippen LogP contribution in [-0.2, 0) is 4.79 Å².